The van der Waals surface area contributed by atoms with Gasteiger partial charge in [0, 0.05) is 25.7 Å². The Hall–Kier alpha value is -0.120. The SMILES string of the molecule is COC1(C)CCCN(C2(CN)CC(C)C2)C1. The average molecular weight is 226 g/mol. The zero-order chi connectivity index (χ0) is 11.8. The minimum Gasteiger partial charge on any atom is -0.377 e. The van der Waals surface area contributed by atoms with Crippen molar-refractivity contribution < 1.29 is 4.74 Å². The molecule has 1 heterocycles. The monoisotopic (exact) mass is 226 g/mol. The number of likely N-dealkylation sites (tertiary alicyclic amines) is 1. The van der Waals surface area contributed by atoms with Gasteiger partial charge in [-0.2, -0.15) is 0 Å². The summed E-state index contributed by atoms with van der Waals surface area (Å²) in [5.41, 5.74) is 6.34. The van der Waals surface area contributed by atoms with E-state index >= 15 is 0 Å². The summed E-state index contributed by atoms with van der Waals surface area (Å²) in [6, 6.07) is 0. The summed E-state index contributed by atoms with van der Waals surface area (Å²) in [6.45, 7) is 7.60. The van der Waals surface area contributed by atoms with E-state index in [4.69, 9.17) is 10.5 Å². The van der Waals surface area contributed by atoms with E-state index in [9.17, 15) is 0 Å². The van der Waals surface area contributed by atoms with Crippen LogP contribution in [-0.2, 0) is 4.74 Å². The normalized spacial score (nSPS) is 45.4. The maximum atomic E-state index is 6.01. The molecule has 0 aromatic heterocycles. The van der Waals surface area contributed by atoms with Gasteiger partial charge in [-0.3, -0.25) is 4.90 Å². The number of methoxy groups -OCH3 is 1. The van der Waals surface area contributed by atoms with E-state index in [0.717, 1.165) is 19.0 Å². The summed E-state index contributed by atoms with van der Waals surface area (Å²) in [5, 5.41) is 0. The van der Waals surface area contributed by atoms with Gasteiger partial charge in [-0.15, -0.1) is 0 Å². The molecule has 0 aromatic rings. The molecule has 1 atom stereocenters. The second-order valence-electron chi connectivity index (χ2n) is 6.12. The van der Waals surface area contributed by atoms with Gasteiger partial charge in [0.25, 0.3) is 0 Å². The van der Waals surface area contributed by atoms with Gasteiger partial charge in [-0.25, -0.2) is 0 Å². The topological polar surface area (TPSA) is 38.5 Å². The molecular formula is C13H26N2O. The molecule has 0 bridgehead atoms. The van der Waals surface area contributed by atoms with Crippen LogP contribution in [0.5, 0.6) is 0 Å². The number of nitrogens with zero attached hydrogens (tertiary/aromatic N) is 1. The number of hydrogen-bond donors (Lipinski definition) is 1. The van der Waals surface area contributed by atoms with Crippen LogP contribution >= 0.6 is 0 Å². The molecule has 0 aromatic carbocycles. The number of hydrogen-bond acceptors (Lipinski definition) is 3. The van der Waals surface area contributed by atoms with Crippen molar-refractivity contribution in [2.75, 3.05) is 26.7 Å². The summed E-state index contributed by atoms with van der Waals surface area (Å²) < 4.78 is 5.66. The highest BCUT2D eigenvalue weighted by Crippen LogP contribution is 2.43. The number of piperidine rings is 1. The highest BCUT2D eigenvalue weighted by atomic mass is 16.5. The van der Waals surface area contributed by atoms with E-state index in [1.54, 1.807) is 0 Å². The molecule has 2 aliphatic rings. The Bertz CT molecular complexity index is 250. The van der Waals surface area contributed by atoms with E-state index in [2.05, 4.69) is 18.7 Å². The van der Waals surface area contributed by atoms with Crippen LogP contribution in [0.15, 0.2) is 0 Å². The molecule has 0 radical (unpaired) electrons. The van der Waals surface area contributed by atoms with Crippen molar-refractivity contribution in [1.29, 1.82) is 0 Å². The molecule has 16 heavy (non-hydrogen) atoms. The van der Waals surface area contributed by atoms with E-state index in [-0.39, 0.29) is 5.60 Å². The Kier molecular flexibility index (Phi) is 3.30. The van der Waals surface area contributed by atoms with E-state index in [1.165, 1.54) is 32.2 Å². The standard InChI is InChI=1S/C13H26N2O/c1-11-7-13(8-11,9-14)15-6-4-5-12(2,10-15)16-3/h11H,4-10,14H2,1-3H3. The largest absolute Gasteiger partial charge is 0.377 e. The van der Waals surface area contributed by atoms with Crippen LogP contribution in [-0.4, -0.2) is 42.8 Å². The Morgan fingerprint density at radius 3 is 2.62 bits per heavy atom. The molecule has 0 spiro atoms. The molecule has 2 rings (SSSR count). The molecular weight excluding hydrogens is 200 g/mol. The molecule has 1 saturated carbocycles. The molecule has 3 nitrogen and oxygen atoms in total. The van der Waals surface area contributed by atoms with E-state index in [1.807, 2.05) is 7.11 Å². The first kappa shape index (κ1) is 12.3. The molecule has 2 N–H and O–H groups in total. The molecule has 94 valence electrons. The fourth-order valence-corrected chi connectivity index (χ4v) is 3.57. The van der Waals surface area contributed by atoms with Gasteiger partial charge in [-0.05, 0) is 45.1 Å². The third-order valence-corrected chi connectivity index (χ3v) is 4.66. The highest BCUT2D eigenvalue weighted by Gasteiger charge is 2.48. The molecule has 1 aliphatic heterocycles. The predicted octanol–water partition coefficient (Wildman–Crippen LogP) is 1.61. The smallest absolute Gasteiger partial charge is 0.0777 e. The molecule has 1 saturated heterocycles. The molecule has 1 unspecified atom stereocenters. The first-order valence-corrected chi connectivity index (χ1v) is 6.54. The van der Waals surface area contributed by atoms with Crippen LogP contribution in [0.4, 0.5) is 0 Å². The van der Waals surface area contributed by atoms with Gasteiger partial charge in [-0.1, -0.05) is 6.92 Å². The van der Waals surface area contributed by atoms with Gasteiger partial charge < -0.3 is 10.5 Å². The van der Waals surface area contributed by atoms with Crippen molar-refractivity contribution in [3.05, 3.63) is 0 Å². The van der Waals surface area contributed by atoms with Crippen LogP contribution < -0.4 is 5.73 Å². The predicted molar refractivity (Wildman–Crippen MR) is 66.4 cm³/mol. The Morgan fingerprint density at radius 1 is 1.44 bits per heavy atom. The summed E-state index contributed by atoms with van der Waals surface area (Å²) in [5.74, 6) is 0.847. The van der Waals surface area contributed by atoms with Crippen molar-refractivity contribution in [2.24, 2.45) is 11.7 Å². The first-order chi connectivity index (χ1) is 7.53. The quantitative estimate of drug-likeness (QED) is 0.794. The summed E-state index contributed by atoms with van der Waals surface area (Å²) in [6.07, 6.45) is 4.95. The van der Waals surface area contributed by atoms with Crippen LogP contribution in [0.3, 0.4) is 0 Å². The minimum atomic E-state index is 0.0409. The second-order valence-corrected chi connectivity index (χ2v) is 6.12. The van der Waals surface area contributed by atoms with Gasteiger partial charge in [0.15, 0.2) is 0 Å². The average Bonchev–Trinajstić information content (AvgIpc) is 2.24. The summed E-state index contributed by atoms with van der Waals surface area (Å²) in [4.78, 5) is 2.60. The van der Waals surface area contributed by atoms with Crippen molar-refractivity contribution >= 4 is 0 Å². The lowest BCUT2D eigenvalue weighted by Gasteiger charge is -2.56. The fourth-order valence-electron chi connectivity index (χ4n) is 3.57. The van der Waals surface area contributed by atoms with Gasteiger partial charge in [0.1, 0.15) is 0 Å². The van der Waals surface area contributed by atoms with Crippen molar-refractivity contribution in [3.63, 3.8) is 0 Å². The van der Waals surface area contributed by atoms with Gasteiger partial charge >= 0.3 is 0 Å². The van der Waals surface area contributed by atoms with E-state index < -0.39 is 0 Å². The number of ether oxygens (including phenoxy) is 1. The van der Waals surface area contributed by atoms with Crippen molar-refractivity contribution in [1.82, 2.24) is 4.90 Å². The maximum Gasteiger partial charge on any atom is 0.0777 e. The zero-order valence-corrected chi connectivity index (χ0v) is 11.0. The zero-order valence-electron chi connectivity index (χ0n) is 11.0. The maximum absolute atomic E-state index is 6.01. The number of nitrogens with two attached hydrogens (primary N) is 1. The summed E-state index contributed by atoms with van der Waals surface area (Å²) in [7, 11) is 1.84. The minimum absolute atomic E-state index is 0.0409. The van der Waals surface area contributed by atoms with Crippen LogP contribution in [0.2, 0.25) is 0 Å². The molecule has 3 heteroatoms. The van der Waals surface area contributed by atoms with Crippen LogP contribution in [0.1, 0.15) is 39.5 Å². The van der Waals surface area contributed by atoms with Crippen LogP contribution in [0, 0.1) is 5.92 Å². The summed E-state index contributed by atoms with van der Waals surface area (Å²) >= 11 is 0. The van der Waals surface area contributed by atoms with Crippen LogP contribution in [0.25, 0.3) is 0 Å². The lowest BCUT2D eigenvalue weighted by atomic mass is 9.67. The second kappa shape index (κ2) is 4.28. The fraction of sp³-hybridized carbons (Fsp3) is 1.00. The lowest BCUT2D eigenvalue weighted by molar-refractivity contribution is -0.108. The molecule has 2 fully saturated rings. The van der Waals surface area contributed by atoms with Crippen molar-refractivity contribution in [2.45, 2.75) is 50.7 Å². The van der Waals surface area contributed by atoms with E-state index in [0.29, 0.717) is 5.54 Å². The lowest BCUT2D eigenvalue weighted by Crippen LogP contribution is -2.65. The number of rotatable bonds is 3. The first-order valence-electron chi connectivity index (χ1n) is 6.54. The Morgan fingerprint density at radius 2 is 2.12 bits per heavy atom. The van der Waals surface area contributed by atoms with Crippen molar-refractivity contribution in [3.8, 4) is 0 Å². The molecule has 0 amide bonds. The third-order valence-electron chi connectivity index (χ3n) is 4.66. The highest BCUT2D eigenvalue weighted by molar-refractivity contribution is 5.04. The third kappa shape index (κ3) is 2.01. The van der Waals surface area contributed by atoms with Gasteiger partial charge in [0.2, 0.25) is 0 Å². The Balaban J connectivity index is 2.04. The van der Waals surface area contributed by atoms with Gasteiger partial charge in [0.05, 0.1) is 5.60 Å². The Labute approximate surface area is 99.3 Å². The molecule has 1 aliphatic carbocycles.